The van der Waals surface area contributed by atoms with E-state index in [4.69, 9.17) is 0 Å². The predicted octanol–water partition coefficient (Wildman–Crippen LogP) is 0.464. The van der Waals surface area contributed by atoms with Gasteiger partial charge in [-0.3, -0.25) is 4.79 Å². The summed E-state index contributed by atoms with van der Waals surface area (Å²) in [6, 6.07) is 0. The Labute approximate surface area is 68.8 Å². The minimum Gasteiger partial charge on any atom is -0.344 e. The topological polar surface area (TPSA) is 32.3 Å². The van der Waals surface area contributed by atoms with Crippen molar-refractivity contribution in [3.8, 4) is 0 Å². The Morgan fingerprint density at radius 1 is 1.55 bits per heavy atom. The second-order valence-electron chi connectivity index (χ2n) is 2.67. The van der Waals surface area contributed by atoms with Gasteiger partial charge < -0.3 is 10.2 Å². The monoisotopic (exact) mass is 158 g/mol. The van der Waals surface area contributed by atoms with Crippen LogP contribution >= 0.6 is 0 Å². The molecule has 0 atom stereocenters. The average molecular weight is 158 g/mol. The van der Waals surface area contributed by atoms with E-state index in [1.807, 2.05) is 21.0 Å². The van der Waals surface area contributed by atoms with Gasteiger partial charge in [-0.2, -0.15) is 0 Å². The molecule has 0 aromatic heterocycles. The average Bonchev–Trinajstić information content (AvgIpc) is 2.00. The quantitative estimate of drug-likeness (QED) is 0.630. The maximum atomic E-state index is 11.1. The lowest BCUT2D eigenvalue weighted by molar-refractivity contribution is -0.129. The Hall–Kier alpha value is -0.570. The zero-order valence-corrected chi connectivity index (χ0v) is 7.68. The standard InChI is InChI=1S/C8H18N2O/c1-4-5-8(11)10(3)7-6-9-2/h9H,4-7H2,1-3H3. The van der Waals surface area contributed by atoms with Crippen molar-refractivity contribution in [1.82, 2.24) is 10.2 Å². The van der Waals surface area contributed by atoms with Crippen molar-refractivity contribution in [1.29, 1.82) is 0 Å². The Morgan fingerprint density at radius 2 is 2.18 bits per heavy atom. The molecule has 0 fully saturated rings. The van der Waals surface area contributed by atoms with E-state index in [0.717, 1.165) is 19.5 Å². The summed E-state index contributed by atoms with van der Waals surface area (Å²) in [5.41, 5.74) is 0. The molecule has 66 valence electrons. The number of carbonyl (C=O) groups is 1. The number of rotatable bonds is 5. The molecule has 0 unspecified atom stereocenters. The lowest BCUT2D eigenvalue weighted by Crippen LogP contribution is -2.32. The Kier molecular flexibility index (Phi) is 5.84. The number of hydrogen-bond donors (Lipinski definition) is 1. The second kappa shape index (κ2) is 6.16. The van der Waals surface area contributed by atoms with Crippen LogP contribution in [-0.4, -0.2) is 38.0 Å². The number of carbonyl (C=O) groups excluding carboxylic acids is 1. The molecule has 0 rings (SSSR count). The molecule has 11 heavy (non-hydrogen) atoms. The predicted molar refractivity (Wildman–Crippen MR) is 46.5 cm³/mol. The Morgan fingerprint density at radius 3 is 2.64 bits per heavy atom. The van der Waals surface area contributed by atoms with E-state index in [1.54, 1.807) is 4.90 Å². The summed E-state index contributed by atoms with van der Waals surface area (Å²) in [6.07, 6.45) is 1.60. The van der Waals surface area contributed by atoms with Gasteiger partial charge in [0.1, 0.15) is 0 Å². The number of amides is 1. The first-order valence-electron chi connectivity index (χ1n) is 4.11. The van der Waals surface area contributed by atoms with Crippen LogP contribution in [0.5, 0.6) is 0 Å². The first-order valence-corrected chi connectivity index (χ1v) is 4.11. The molecule has 0 spiro atoms. The first-order chi connectivity index (χ1) is 5.22. The lowest BCUT2D eigenvalue weighted by Gasteiger charge is -2.15. The van der Waals surface area contributed by atoms with E-state index in [1.165, 1.54) is 0 Å². The zero-order chi connectivity index (χ0) is 8.69. The SMILES string of the molecule is CCCC(=O)N(C)CCNC. The summed E-state index contributed by atoms with van der Waals surface area (Å²) in [5.74, 6) is 0.239. The number of hydrogen-bond acceptors (Lipinski definition) is 2. The Bertz CT molecular complexity index is 115. The third-order valence-corrected chi connectivity index (χ3v) is 1.59. The normalized spacial score (nSPS) is 9.73. The van der Waals surface area contributed by atoms with Crippen molar-refractivity contribution >= 4 is 5.91 Å². The van der Waals surface area contributed by atoms with Gasteiger partial charge in [0.05, 0.1) is 0 Å². The van der Waals surface area contributed by atoms with Crippen LogP contribution in [0.1, 0.15) is 19.8 Å². The van der Waals surface area contributed by atoms with Gasteiger partial charge in [0.15, 0.2) is 0 Å². The molecular formula is C8H18N2O. The molecule has 0 radical (unpaired) electrons. The summed E-state index contributed by atoms with van der Waals surface area (Å²) in [4.78, 5) is 12.9. The van der Waals surface area contributed by atoms with Crippen LogP contribution in [0.25, 0.3) is 0 Å². The second-order valence-corrected chi connectivity index (χ2v) is 2.67. The van der Waals surface area contributed by atoms with Crippen molar-refractivity contribution in [2.24, 2.45) is 0 Å². The fraction of sp³-hybridized carbons (Fsp3) is 0.875. The van der Waals surface area contributed by atoms with Crippen molar-refractivity contribution in [3.63, 3.8) is 0 Å². The fourth-order valence-corrected chi connectivity index (χ4v) is 0.809. The fourth-order valence-electron chi connectivity index (χ4n) is 0.809. The summed E-state index contributed by atoms with van der Waals surface area (Å²) in [7, 11) is 3.73. The van der Waals surface area contributed by atoms with Crippen molar-refractivity contribution in [2.75, 3.05) is 27.2 Å². The molecule has 3 nitrogen and oxygen atoms in total. The van der Waals surface area contributed by atoms with Gasteiger partial charge in [0.2, 0.25) is 5.91 Å². The van der Waals surface area contributed by atoms with Crippen LogP contribution in [0.15, 0.2) is 0 Å². The first kappa shape index (κ1) is 10.4. The molecule has 0 aliphatic rings. The third kappa shape index (κ3) is 4.79. The summed E-state index contributed by atoms with van der Waals surface area (Å²) >= 11 is 0. The number of nitrogens with one attached hydrogen (secondary N) is 1. The smallest absolute Gasteiger partial charge is 0.222 e. The van der Waals surface area contributed by atoms with E-state index in [0.29, 0.717) is 6.42 Å². The summed E-state index contributed by atoms with van der Waals surface area (Å²) < 4.78 is 0. The van der Waals surface area contributed by atoms with Gasteiger partial charge >= 0.3 is 0 Å². The van der Waals surface area contributed by atoms with E-state index in [-0.39, 0.29) is 5.91 Å². The van der Waals surface area contributed by atoms with Crippen LogP contribution in [-0.2, 0) is 4.79 Å². The van der Waals surface area contributed by atoms with Gasteiger partial charge in [-0.15, -0.1) is 0 Å². The van der Waals surface area contributed by atoms with Gasteiger partial charge in [-0.05, 0) is 13.5 Å². The highest BCUT2D eigenvalue weighted by atomic mass is 16.2. The molecule has 0 bridgehead atoms. The molecule has 0 aliphatic carbocycles. The summed E-state index contributed by atoms with van der Waals surface area (Å²) in [6.45, 7) is 3.69. The van der Waals surface area contributed by atoms with E-state index in [2.05, 4.69) is 5.32 Å². The molecule has 1 amide bonds. The summed E-state index contributed by atoms with van der Waals surface area (Å²) in [5, 5.41) is 3.00. The molecule has 0 aromatic carbocycles. The van der Waals surface area contributed by atoms with Gasteiger partial charge in [0.25, 0.3) is 0 Å². The van der Waals surface area contributed by atoms with Gasteiger partial charge in [-0.1, -0.05) is 6.92 Å². The van der Waals surface area contributed by atoms with E-state index in [9.17, 15) is 4.79 Å². The van der Waals surface area contributed by atoms with Gasteiger partial charge in [0, 0.05) is 26.6 Å². The van der Waals surface area contributed by atoms with Crippen LogP contribution < -0.4 is 5.32 Å². The number of nitrogens with zero attached hydrogens (tertiary/aromatic N) is 1. The third-order valence-electron chi connectivity index (χ3n) is 1.59. The van der Waals surface area contributed by atoms with Crippen LogP contribution in [0.3, 0.4) is 0 Å². The minimum atomic E-state index is 0.239. The van der Waals surface area contributed by atoms with Crippen molar-refractivity contribution < 1.29 is 4.79 Å². The minimum absolute atomic E-state index is 0.239. The number of likely N-dealkylation sites (N-methyl/N-ethyl adjacent to an activating group) is 2. The highest BCUT2D eigenvalue weighted by Crippen LogP contribution is 1.92. The molecular weight excluding hydrogens is 140 g/mol. The molecule has 0 aliphatic heterocycles. The highest BCUT2D eigenvalue weighted by Gasteiger charge is 2.04. The van der Waals surface area contributed by atoms with Crippen molar-refractivity contribution in [2.45, 2.75) is 19.8 Å². The lowest BCUT2D eigenvalue weighted by atomic mass is 10.3. The van der Waals surface area contributed by atoms with Crippen LogP contribution in [0, 0.1) is 0 Å². The maximum absolute atomic E-state index is 11.1. The van der Waals surface area contributed by atoms with Gasteiger partial charge in [-0.25, -0.2) is 0 Å². The molecule has 0 saturated heterocycles. The molecule has 0 aromatic rings. The largest absolute Gasteiger partial charge is 0.344 e. The molecule has 1 N–H and O–H groups in total. The van der Waals surface area contributed by atoms with E-state index >= 15 is 0 Å². The molecule has 0 heterocycles. The molecule has 3 heteroatoms. The van der Waals surface area contributed by atoms with Crippen LogP contribution in [0.4, 0.5) is 0 Å². The highest BCUT2D eigenvalue weighted by molar-refractivity contribution is 5.75. The maximum Gasteiger partial charge on any atom is 0.222 e. The van der Waals surface area contributed by atoms with Crippen LogP contribution in [0.2, 0.25) is 0 Å². The van der Waals surface area contributed by atoms with E-state index < -0.39 is 0 Å². The molecule has 0 saturated carbocycles. The van der Waals surface area contributed by atoms with Crippen molar-refractivity contribution in [3.05, 3.63) is 0 Å². The Balaban J connectivity index is 3.46. The zero-order valence-electron chi connectivity index (χ0n) is 7.68.